The lowest BCUT2D eigenvalue weighted by atomic mass is 10.1. The van der Waals surface area contributed by atoms with Crippen molar-refractivity contribution < 1.29 is 14.3 Å². The second kappa shape index (κ2) is 7.99. The van der Waals surface area contributed by atoms with Crippen molar-refractivity contribution in [3.8, 4) is 0 Å². The second-order valence-electron chi connectivity index (χ2n) is 8.62. The third kappa shape index (κ3) is 5.03. The normalized spacial score (nSPS) is 22.9. The highest BCUT2D eigenvalue weighted by molar-refractivity contribution is 5.91. The molecule has 0 bridgehead atoms. The van der Waals surface area contributed by atoms with Crippen LogP contribution in [-0.4, -0.2) is 51.8 Å². The van der Waals surface area contributed by atoms with Crippen molar-refractivity contribution in [1.82, 2.24) is 14.7 Å². The number of rotatable bonds is 6. The molecule has 0 spiro atoms. The maximum atomic E-state index is 12.5. The van der Waals surface area contributed by atoms with Crippen molar-refractivity contribution >= 4 is 17.5 Å². The summed E-state index contributed by atoms with van der Waals surface area (Å²) in [6.07, 6.45) is 4.87. The van der Waals surface area contributed by atoms with Crippen LogP contribution in [0.3, 0.4) is 0 Å². The fraction of sp³-hybridized carbons (Fsp3) is 0.500. The van der Waals surface area contributed by atoms with Gasteiger partial charge in [0.15, 0.2) is 0 Å². The summed E-state index contributed by atoms with van der Waals surface area (Å²) in [5.74, 6) is 0.888. The largest absolute Gasteiger partial charge is 0.372 e. The Morgan fingerprint density at radius 1 is 1.28 bits per heavy atom. The minimum atomic E-state index is -0.322. The van der Waals surface area contributed by atoms with Gasteiger partial charge in [-0.3, -0.25) is 14.3 Å². The molecule has 1 saturated carbocycles. The SMILES string of the molecule is CC1(C)CN(C(=O)Cn2cc(NC(=O)C[C@@H]3C[C@H]3c3ccccc3)cn2)CCO1. The number of morpholine rings is 1. The van der Waals surface area contributed by atoms with Crippen molar-refractivity contribution in [3.63, 3.8) is 0 Å². The predicted octanol–water partition coefficient (Wildman–Crippen LogP) is 2.65. The Balaban J connectivity index is 1.25. The molecule has 29 heavy (non-hydrogen) atoms. The Kier molecular flexibility index (Phi) is 5.41. The number of benzene rings is 1. The van der Waals surface area contributed by atoms with E-state index < -0.39 is 0 Å². The average molecular weight is 396 g/mol. The zero-order valence-electron chi connectivity index (χ0n) is 17.0. The second-order valence-corrected chi connectivity index (χ2v) is 8.62. The molecule has 1 saturated heterocycles. The molecule has 4 rings (SSSR count). The van der Waals surface area contributed by atoms with Gasteiger partial charge in [-0.2, -0.15) is 5.10 Å². The molecule has 2 fully saturated rings. The van der Waals surface area contributed by atoms with E-state index in [2.05, 4.69) is 22.5 Å². The van der Waals surface area contributed by atoms with Crippen LogP contribution in [0.1, 0.15) is 38.2 Å². The summed E-state index contributed by atoms with van der Waals surface area (Å²) in [5, 5.41) is 7.13. The van der Waals surface area contributed by atoms with Crippen LogP contribution >= 0.6 is 0 Å². The average Bonchev–Trinajstić information content (AvgIpc) is 3.31. The first kappa shape index (κ1) is 19.6. The lowest BCUT2D eigenvalue weighted by Crippen LogP contribution is -2.51. The summed E-state index contributed by atoms with van der Waals surface area (Å²) in [7, 11) is 0. The molecule has 154 valence electrons. The van der Waals surface area contributed by atoms with Crippen molar-refractivity contribution in [1.29, 1.82) is 0 Å². The van der Waals surface area contributed by atoms with Gasteiger partial charge >= 0.3 is 0 Å². The number of hydrogen-bond donors (Lipinski definition) is 1. The molecule has 1 aliphatic carbocycles. The van der Waals surface area contributed by atoms with E-state index in [1.165, 1.54) is 5.56 Å². The van der Waals surface area contributed by atoms with Crippen molar-refractivity contribution in [2.75, 3.05) is 25.0 Å². The van der Waals surface area contributed by atoms with Gasteiger partial charge in [0.25, 0.3) is 0 Å². The van der Waals surface area contributed by atoms with Crippen LogP contribution in [0.15, 0.2) is 42.7 Å². The number of carbonyl (C=O) groups excluding carboxylic acids is 2. The van der Waals surface area contributed by atoms with Crippen LogP contribution in [0.2, 0.25) is 0 Å². The van der Waals surface area contributed by atoms with Crippen LogP contribution in [0.4, 0.5) is 5.69 Å². The number of amides is 2. The van der Waals surface area contributed by atoms with E-state index in [-0.39, 0.29) is 24.0 Å². The van der Waals surface area contributed by atoms with Gasteiger partial charge in [-0.05, 0) is 37.7 Å². The Morgan fingerprint density at radius 2 is 2.07 bits per heavy atom. The molecule has 1 aromatic carbocycles. The highest BCUT2D eigenvalue weighted by atomic mass is 16.5. The molecule has 2 amide bonds. The summed E-state index contributed by atoms with van der Waals surface area (Å²) in [4.78, 5) is 26.7. The van der Waals surface area contributed by atoms with E-state index in [1.807, 2.05) is 32.0 Å². The minimum absolute atomic E-state index is 0.00534. The molecular weight excluding hydrogens is 368 g/mol. The van der Waals surface area contributed by atoms with Crippen LogP contribution in [0.5, 0.6) is 0 Å². The third-order valence-corrected chi connectivity index (χ3v) is 5.59. The lowest BCUT2D eigenvalue weighted by Gasteiger charge is -2.38. The van der Waals surface area contributed by atoms with Gasteiger partial charge in [0.05, 0.1) is 24.1 Å². The number of anilines is 1. The summed E-state index contributed by atoms with van der Waals surface area (Å²) in [6, 6.07) is 10.3. The molecule has 2 aliphatic rings. The number of nitrogens with one attached hydrogen (secondary N) is 1. The number of hydrogen-bond acceptors (Lipinski definition) is 4. The van der Waals surface area contributed by atoms with Crippen LogP contribution in [-0.2, 0) is 20.9 Å². The van der Waals surface area contributed by atoms with E-state index in [9.17, 15) is 9.59 Å². The van der Waals surface area contributed by atoms with Gasteiger partial charge < -0.3 is 15.0 Å². The summed E-state index contributed by atoms with van der Waals surface area (Å²) in [5.41, 5.74) is 1.61. The quantitative estimate of drug-likeness (QED) is 0.814. The fourth-order valence-electron chi connectivity index (χ4n) is 4.01. The first-order valence-electron chi connectivity index (χ1n) is 10.2. The number of carbonyl (C=O) groups is 2. The first-order valence-corrected chi connectivity index (χ1v) is 10.2. The first-order chi connectivity index (χ1) is 13.9. The number of nitrogens with zero attached hydrogens (tertiary/aromatic N) is 3. The summed E-state index contributed by atoms with van der Waals surface area (Å²) in [6.45, 7) is 5.83. The van der Waals surface area contributed by atoms with Crippen LogP contribution in [0.25, 0.3) is 0 Å². The topological polar surface area (TPSA) is 76.5 Å². The van der Waals surface area contributed by atoms with Gasteiger partial charge in [-0.15, -0.1) is 0 Å². The zero-order valence-corrected chi connectivity index (χ0v) is 17.0. The molecule has 2 aromatic rings. The van der Waals surface area contributed by atoms with E-state index in [0.29, 0.717) is 43.6 Å². The Labute approximate surface area is 171 Å². The lowest BCUT2D eigenvalue weighted by molar-refractivity contribution is -0.146. The van der Waals surface area contributed by atoms with E-state index in [0.717, 1.165) is 6.42 Å². The summed E-state index contributed by atoms with van der Waals surface area (Å²) < 4.78 is 7.23. The molecular formula is C22H28N4O3. The molecule has 7 heteroatoms. The minimum Gasteiger partial charge on any atom is -0.372 e. The van der Waals surface area contributed by atoms with Gasteiger partial charge in [0.1, 0.15) is 6.54 Å². The van der Waals surface area contributed by atoms with Gasteiger partial charge in [0.2, 0.25) is 11.8 Å². The molecule has 0 radical (unpaired) electrons. The Morgan fingerprint density at radius 3 is 2.83 bits per heavy atom. The maximum absolute atomic E-state index is 12.5. The highest BCUT2D eigenvalue weighted by Gasteiger charge is 2.39. The third-order valence-electron chi connectivity index (χ3n) is 5.59. The molecule has 0 unspecified atom stereocenters. The Bertz CT molecular complexity index is 877. The van der Waals surface area contributed by atoms with Gasteiger partial charge in [-0.1, -0.05) is 30.3 Å². The number of ether oxygens (including phenoxy) is 1. The standard InChI is InChI=1S/C22H28N4O3/c1-22(2)15-25(8-9-29-22)21(28)14-26-13-18(12-23-26)24-20(27)11-17-10-19(17)16-6-4-3-5-7-16/h3-7,12-13,17,19H,8-11,14-15H2,1-2H3,(H,24,27)/t17-,19-/m0/s1. The summed E-state index contributed by atoms with van der Waals surface area (Å²) >= 11 is 0. The molecule has 1 N–H and O–H groups in total. The van der Waals surface area contributed by atoms with E-state index in [4.69, 9.17) is 4.74 Å². The van der Waals surface area contributed by atoms with Crippen molar-refractivity contribution in [2.24, 2.45) is 5.92 Å². The van der Waals surface area contributed by atoms with E-state index >= 15 is 0 Å². The van der Waals surface area contributed by atoms with Crippen molar-refractivity contribution in [2.45, 2.75) is 44.8 Å². The van der Waals surface area contributed by atoms with E-state index in [1.54, 1.807) is 22.0 Å². The molecule has 1 aromatic heterocycles. The molecule has 2 heterocycles. The van der Waals surface area contributed by atoms with Crippen LogP contribution < -0.4 is 5.32 Å². The van der Waals surface area contributed by atoms with Crippen molar-refractivity contribution in [3.05, 3.63) is 48.3 Å². The number of aromatic nitrogens is 2. The predicted molar refractivity (Wildman–Crippen MR) is 109 cm³/mol. The smallest absolute Gasteiger partial charge is 0.244 e. The maximum Gasteiger partial charge on any atom is 0.244 e. The highest BCUT2D eigenvalue weighted by Crippen LogP contribution is 2.49. The molecule has 1 aliphatic heterocycles. The van der Waals surface area contributed by atoms with Gasteiger partial charge in [-0.25, -0.2) is 0 Å². The monoisotopic (exact) mass is 396 g/mol. The fourth-order valence-corrected chi connectivity index (χ4v) is 4.01. The molecule has 2 atom stereocenters. The molecule has 7 nitrogen and oxygen atoms in total. The van der Waals surface area contributed by atoms with Crippen LogP contribution in [0, 0.1) is 5.92 Å². The Hall–Kier alpha value is -2.67. The zero-order chi connectivity index (χ0) is 20.4. The van der Waals surface area contributed by atoms with Gasteiger partial charge in [0, 0.05) is 25.7 Å².